The summed E-state index contributed by atoms with van der Waals surface area (Å²) in [6.07, 6.45) is 1.36. The van der Waals surface area contributed by atoms with E-state index in [4.69, 9.17) is 11.6 Å². The first kappa shape index (κ1) is 16.9. The monoisotopic (exact) mass is 358 g/mol. The molecule has 1 fully saturated rings. The molecular formula is C17H15ClN4O3. The lowest BCUT2D eigenvalue weighted by Crippen LogP contribution is -2.40. The molecule has 128 valence electrons. The van der Waals surface area contributed by atoms with Crippen molar-refractivity contribution in [2.75, 3.05) is 10.2 Å². The highest BCUT2D eigenvalue weighted by atomic mass is 35.5. The molecule has 0 atom stereocenters. The average Bonchev–Trinajstić information content (AvgIpc) is 2.76. The minimum absolute atomic E-state index is 0.291. The number of nitrogens with one attached hydrogen (secondary N) is 2. The van der Waals surface area contributed by atoms with E-state index >= 15 is 0 Å². The van der Waals surface area contributed by atoms with Crippen molar-refractivity contribution >= 4 is 40.8 Å². The van der Waals surface area contributed by atoms with Crippen LogP contribution < -0.4 is 15.5 Å². The predicted molar refractivity (Wildman–Crippen MR) is 93.7 cm³/mol. The summed E-state index contributed by atoms with van der Waals surface area (Å²) < 4.78 is 0. The summed E-state index contributed by atoms with van der Waals surface area (Å²) in [6, 6.07) is 9.06. The first-order chi connectivity index (χ1) is 11.8. The number of carbonyl (C=O) groups is 3. The van der Waals surface area contributed by atoms with Crippen LogP contribution in [0.2, 0.25) is 5.15 Å². The second-order valence-corrected chi connectivity index (χ2v) is 6.46. The standard InChI is InChI=1S/C17H15ClN4O3/c1-17(2)15(24)22(16(25)21-17)12-5-3-4-11(8-12)20-14(23)10-6-7-13(18)19-9-10/h3-9H,1-2H3,(H,20,23)(H,21,25). The fourth-order valence-electron chi connectivity index (χ4n) is 2.42. The Morgan fingerprint density at radius 3 is 2.60 bits per heavy atom. The minimum atomic E-state index is -0.967. The lowest BCUT2D eigenvalue weighted by molar-refractivity contribution is -0.121. The molecule has 0 unspecified atom stereocenters. The van der Waals surface area contributed by atoms with Crippen LogP contribution in [0.15, 0.2) is 42.6 Å². The lowest BCUT2D eigenvalue weighted by Gasteiger charge is -2.16. The number of anilines is 2. The number of urea groups is 1. The van der Waals surface area contributed by atoms with Crippen LogP contribution in [-0.4, -0.2) is 28.4 Å². The molecule has 1 aliphatic rings. The third-order valence-corrected chi connectivity index (χ3v) is 3.94. The van der Waals surface area contributed by atoms with Gasteiger partial charge in [0.1, 0.15) is 10.7 Å². The molecule has 2 heterocycles. The molecule has 1 saturated heterocycles. The highest BCUT2D eigenvalue weighted by molar-refractivity contribution is 6.29. The van der Waals surface area contributed by atoms with Crippen LogP contribution in [0, 0.1) is 0 Å². The Morgan fingerprint density at radius 1 is 1.24 bits per heavy atom. The van der Waals surface area contributed by atoms with Crippen molar-refractivity contribution in [3.8, 4) is 0 Å². The van der Waals surface area contributed by atoms with E-state index in [9.17, 15) is 14.4 Å². The zero-order chi connectivity index (χ0) is 18.2. The Kier molecular flexibility index (Phi) is 4.18. The second-order valence-electron chi connectivity index (χ2n) is 6.07. The Hall–Kier alpha value is -2.93. The largest absolute Gasteiger partial charge is 0.329 e. The summed E-state index contributed by atoms with van der Waals surface area (Å²) in [5.41, 5.74) is 0.194. The molecule has 2 N–H and O–H groups in total. The number of hydrogen-bond acceptors (Lipinski definition) is 4. The van der Waals surface area contributed by atoms with E-state index in [1.165, 1.54) is 12.3 Å². The molecule has 8 heteroatoms. The zero-order valence-corrected chi connectivity index (χ0v) is 14.3. The number of nitrogens with zero attached hydrogens (tertiary/aromatic N) is 2. The fourth-order valence-corrected chi connectivity index (χ4v) is 2.53. The summed E-state index contributed by atoms with van der Waals surface area (Å²) in [5, 5.41) is 5.60. The molecule has 7 nitrogen and oxygen atoms in total. The Bertz CT molecular complexity index is 864. The van der Waals surface area contributed by atoms with Crippen LogP contribution >= 0.6 is 11.6 Å². The molecule has 0 saturated carbocycles. The van der Waals surface area contributed by atoms with Gasteiger partial charge >= 0.3 is 6.03 Å². The molecule has 0 radical (unpaired) electrons. The van der Waals surface area contributed by atoms with Gasteiger partial charge in [-0.3, -0.25) is 9.59 Å². The number of benzene rings is 1. The summed E-state index contributed by atoms with van der Waals surface area (Å²) in [4.78, 5) is 41.6. The number of imide groups is 1. The predicted octanol–water partition coefficient (Wildman–Crippen LogP) is 2.82. The zero-order valence-electron chi connectivity index (χ0n) is 13.5. The minimum Gasteiger partial charge on any atom is -0.323 e. The first-order valence-corrected chi connectivity index (χ1v) is 7.85. The van der Waals surface area contributed by atoms with E-state index in [1.54, 1.807) is 44.2 Å². The van der Waals surface area contributed by atoms with Gasteiger partial charge in [-0.25, -0.2) is 14.7 Å². The van der Waals surface area contributed by atoms with E-state index in [-0.39, 0.29) is 11.8 Å². The van der Waals surface area contributed by atoms with Gasteiger partial charge in [0.25, 0.3) is 11.8 Å². The molecule has 25 heavy (non-hydrogen) atoms. The number of halogens is 1. The Balaban J connectivity index is 1.82. The maximum atomic E-state index is 12.4. The number of amides is 4. The molecule has 4 amide bonds. The highest BCUT2D eigenvalue weighted by Crippen LogP contribution is 2.26. The maximum Gasteiger partial charge on any atom is 0.329 e. The Labute approximate surface area is 149 Å². The number of pyridine rings is 1. The molecule has 1 aromatic carbocycles. The van der Waals surface area contributed by atoms with Crippen molar-refractivity contribution in [2.45, 2.75) is 19.4 Å². The molecule has 3 rings (SSSR count). The van der Waals surface area contributed by atoms with E-state index in [0.717, 1.165) is 4.90 Å². The molecule has 0 aliphatic carbocycles. The third kappa shape index (κ3) is 3.32. The van der Waals surface area contributed by atoms with Gasteiger partial charge in [0.15, 0.2) is 0 Å². The van der Waals surface area contributed by atoms with Crippen molar-refractivity contribution in [1.29, 1.82) is 0 Å². The molecule has 2 aromatic rings. The number of hydrogen-bond donors (Lipinski definition) is 2. The van der Waals surface area contributed by atoms with Gasteiger partial charge in [0.05, 0.1) is 11.3 Å². The number of aromatic nitrogens is 1. The maximum absolute atomic E-state index is 12.4. The number of rotatable bonds is 3. The van der Waals surface area contributed by atoms with Gasteiger partial charge in [-0.2, -0.15) is 0 Å². The molecule has 1 aliphatic heterocycles. The summed E-state index contributed by atoms with van der Waals surface area (Å²) in [6.45, 7) is 3.26. The van der Waals surface area contributed by atoms with Gasteiger partial charge in [-0.1, -0.05) is 17.7 Å². The molecule has 0 bridgehead atoms. The third-order valence-electron chi connectivity index (χ3n) is 3.71. The van der Waals surface area contributed by atoms with E-state index in [1.807, 2.05) is 0 Å². The normalized spacial score (nSPS) is 15.9. The first-order valence-electron chi connectivity index (χ1n) is 7.47. The quantitative estimate of drug-likeness (QED) is 0.652. The SMILES string of the molecule is CC1(C)NC(=O)N(c2cccc(NC(=O)c3ccc(Cl)nc3)c2)C1=O. The van der Waals surface area contributed by atoms with Crippen LogP contribution in [-0.2, 0) is 4.79 Å². The van der Waals surface area contributed by atoms with Crippen LogP contribution in [0.3, 0.4) is 0 Å². The second kappa shape index (κ2) is 6.18. The number of carbonyl (C=O) groups excluding carboxylic acids is 3. The van der Waals surface area contributed by atoms with Crippen molar-refractivity contribution in [2.24, 2.45) is 0 Å². The lowest BCUT2D eigenvalue weighted by atomic mass is 10.1. The van der Waals surface area contributed by atoms with Crippen molar-refractivity contribution in [3.63, 3.8) is 0 Å². The molecule has 1 aromatic heterocycles. The fraction of sp³-hybridized carbons (Fsp3) is 0.176. The van der Waals surface area contributed by atoms with Crippen molar-refractivity contribution in [3.05, 3.63) is 53.3 Å². The van der Waals surface area contributed by atoms with Gasteiger partial charge < -0.3 is 10.6 Å². The van der Waals surface area contributed by atoms with Crippen LogP contribution in [0.25, 0.3) is 0 Å². The Morgan fingerprint density at radius 2 is 2.00 bits per heavy atom. The van der Waals surface area contributed by atoms with Crippen molar-refractivity contribution in [1.82, 2.24) is 10.3 Å². The molecule has 0 spiro atoms. The average molecular weight is 359 g/mol. The van der Waals surface area contributed by atoms with Crippen LogP contribution in [0.5, 0.6) is 0 Å². The summed E-state index contributed by atoms with van der Waals surface area (Å²) >= 11 is 5.70. The molecular weight excluding hydrogens is 344 g/mol. The van der Waals surface area contributed by atoms with Crippen LogP contribution in [0.1, 0.15) is 24.2 Å². The van der Waals surface area contributed by atoms with E-state index < -0.39 is 11.6 Å². The van der Waals surface area contributed by atoms with Crippen molar-refractivity contribution < 1.29 is 14.4 Å². The smallest absolute Gasteiger partial charge is 0.323 e. The topological polar surface area (TPSA) is 91.4 Å². The van der Waals surface area contributed by atoms with Gasteiger partial charge in [-0.05, 0) is 44.2 Å². The summed E-state index contributed by atoms with van der Waals surface area (Å²) in [5.74, 6) is -0.735. The van der Waals surface area contributed by atoms with Gasteiger partial charge in [0.2, 0.25) is 0 Å². The van der Waals surface area contributed by atoms with Gasteiger partial charge in [-0.15, -0.1) is 0 Å². The van der Waals surface area contributed by atoms with E-state index in [0.29, 0.717) is 22.1 Å². The van der Waals surface area contributed by atoms with Crippen LogP contribution in [0.4, 0.5) is 16.2 Å². The van der Waals surface area contributed by atoms with E-state index in [2.05, 4.69) is 15.6 Å². The highest BCUT2D eigenvalue weighted by Gasteiger charge is 2.45. The van der Waals surface area contributed by atoms with Gasteiger partial charge in [0, 0.05) is 11.9 Å². The summed E-state index contributed by atoms with van der Waals surface area (Å²) in [7, 11) is 0.